The molecular weight excluding hydrogens is 434 g/mol. The van der Waals surface area contributed by atoms with Crippen molar-refractivity contribution in [3.63, 3.8) is 0 Å². The molecule has 0 saturated heterocycles. The van der Waals surface area contributed by atoms with Gasteiger partial charge in [-0.15, -0.1) is 0 Å². The van der Waals surface area contributed by atoms with Crippen molar-refractivity contribution in [2.75, 3.05) is 20.8 Å². The molecule has 0 spiro atoms. The minimum atomic E-state index is -0.00583. The average Bonchev–Trinajstić information content (AvgIpc) is 2.86. The zero-order valence-corrected chi connectivity index (χ0v) is 21.7. The Morgan fingerprint density at radius 1 is 1.09 bits per heavy atom. The highest BCUT2D eigenvalue weighted by molar-refractivity contribution is 5.96. The number of ketones is 1. The molecule has 1 atom stereocenters. The molecule has 34 heavy (non-hydrogen) atoms. The molecule has 0 aromatic heterocycles. The van der Waals surface area contributed by atoms with Gasteiger partial charge in [0.15, 0.2) is 5.78 Å². The van der Waals surface area contributed by atoms with E-state index in [4.69, 9.17) is 9.84 Å². The van der Waals surface area contributed by atoms with E-state index in [1.165, 1.54) is 0 Å². The van der Waals surface area contributed by atoms with Crippen LogP contribution in [0.15, 0.2) is 18.2 Å². The number of carbonyl (C=O) groups excluding carboxylic acids is 4. The van der Waals surface area contributed by atoms with Crippen LogP contribution in [0.3, 0.4) is 0 Å². The van der Waals surface area contributed by atoms with E-state index in [1.54, 1.807) is 20.9 Å². The van der Waals surface area contributed by atoms with Crippen LogP contribution in [0.25, 0.3) is 0 Å². The van der Waals surface area contributed by atoms with Crippen LogP contribution in [-0.4, -0.2) is 50.1 Å². The highest BCUT2D eigenvalue weighted by Crippen LogP contribution is 2.25. The number of aliphatic hydroxyl groups excluding tert-OH is 1. The van der Waals surface area contributed by atoms with Gasteiger partial charge in [0.2, 0.25) is 5.91 Å². The number of nitrogens with one attached hydrogen (secondary N) is 1. The van der Waals surface area contributed by atoms with Crippen molar-refractivity contribution in [2.24, 2.45) is 5.92 Å². The van der Waals surface area contributed by atoms with Gasteiger partial charge in [0.25, 0.3) is 0 Å². The molecule has 2 N–H and O–H groups in total. The van der Waals surface area contributed by atoms with Gasteiger partial charge < -0.3 is 24.7 Å². The fraction of sp³-hybridized carbons (Fsp3) is 0.630. The van der Waals surface area contributed by atoms with E-state index >= 15 is 0 Å². The number of amides is 1. The van der Waals surface area contributed by atoms with Crippen molar-refractivity contribution < 1.29 is 29.0 Å². The Bertz CT molecular complexity index is 690. The Morgan fingerprint density at radius 2 is 1.74 bits per heavy atom. The SMILES string of the molecule is CCCc1c(OCCCCCCCC=O)cccc1C(C)=O.CNC(=O)CCC(C)C=O.CO. The molecule has 7 nitrogen and oxygen atoms in total. The first-order valence-electron chi connectivity index (χ1n) is 12.2. The first kappa shape index (κ1) is 33.6. The molecular formula is C27H45NO6. The van der Waals surface area contributed by atoms with E-state index in [2.05, 4.69) is 12.2 Å². The van der Waals surface area contributed by atoms with Gasteiger partial charge in [-0.25, -0.2) is 0 Å². The van der Waals surface area contributed by atoms with Crippen molar-refractivity contribution >= 4 is 24.3 Å². The predicted molar refractivity (Wildman–Crippen MR) is 136 cm³/mol. The van der Waals surface area contributed by atoms with Crippen molar-refractivity contribution in [1.82, 2.24) is 5.32 Å². The van der Waals surface area contributed by atoms with Gasteiger partial charge >= 0.3 is 0 Å². The summed E-state index contributed by atoms with van der Waals surface area (Å²) in [5.41, 5.74) is 1.83. The number of aldehydes is 2. The van der Waals surface area contributed by atoms with Crippen LogP contribution in [0.1, 0.15) is 94.5 Å². The molecule has 0 heterocycles. The number of aliphatic hydroxyl groups is 1. The van der Waals surface area contributed by atoms with Crippen LogP contribution in [0.2, 0.25) is 0 Å². The lowest BCUT2D eigenvalue weighted by Gasteiger charge is -2.14. The van der Waals surface area contributed by atoms with E-state index in [1.807, 2.05) is 18.2 Å². The first-order chi connectivity index (χ1) is 16.4. The molecule has 0 bridgehead atoms. The lowest BCUT2D eigenvalue weighted by Crippen LogP contribution is -2.18. The van der Waals surface area contributed by atoms with Crippen molar-refractivity contribution in [1.29, 1.82) is 0 Å². The molecule has 1 amide bonds. The normalized spacial score (nSPS) is 10.5. The summed E-state index contributed by atoms with van der Waals surface area (Å²) in [4.78, 5) is 42.6. The minimum Gasteiger partial charge on any atom is -0.493 e. The second-order valence-corrected chi connectivity index (χ2v) is 7.99. The van der Waals surface area contributed by atoms with Crippen LogP contribution < -0.4 is 10.1 Å². The molecule has 0 saturated carbocycles. The van der Waals surface area contributed by atoms with Crippen LogP contribution in [-0.2, 0) is 20.8 Å². The van der Waals surface area contributed by atoms with Gasteiger partial charge in [0.05, 0.1) is 6.61 Å². The second kappa shape index (κ2) is 23.6. The van der Waals surface area contributed by atoms with Crippen LogP contribution in [0.4, 0.5) is 0 Å². The van der Waals surface area contributed by atoms with E-state index in [-0.39, 0.29) is 17.6 Å². The number of rotatable bonds is 16. The molecule has 1 aromatic carbocycles. The van der Waals surface area contributed by atoms with Gasteiger partial charge in [-0.05, 0) is 38.7 Å². The smallest absolute Gasteiger partial charge is 0.219 e. The summed E-state index contributed by atoms with van der Waals surface area (Å²) in [7, 11) is 2.59. The molecule has 0 aliphatic carbocycles. The number of unbranched alkanes of at least 4 members (excludes halogenated alkanes) is 5. The van der Waals surface area contributed by atoms with Crippen molar-refractivity contribution in [3.8, 4) is 5.75 Å². The summed E-state index contributed by atoms with van der Waals surface area (Å²) in [6.07, 6.45) is 10.9. The average molecular weight is 480 g/mol. The topological polar surface area (TPSA) is 110 Å². The highest BCUT2D eigenvalue weighted by Gasteiger charge is 2.12. The number of ether oxygens (including phenoxy) is 1. The standard InChI is InChI=1S/C19H28O3.C7H13NO2.CH4O/c1-3-11-18-17(16(2)21)12-10-13-19(18)22-15-9-7-5-4-6-8-14-20;1-6(5-9)3-4-7(10)8-2;1-2/h10,12-14H,3-9,11,15H2,1-2H3;5-6H,3-4H2,1-2H3,(H,8,10);2H,1H3. The molecule has 0 radical (unpaired) electrons. The maximum Gasteiger partial charge on any atom is 0.219 e. The highest BCUT2D eigenvalue weighted by atomic mass is 16.5. The summed E-state index contributed by atoms with van der Waals surface area (Å²) < 4.78 is 5.90. The van der Waals surface area contributed by atoms with Gasteiger partial charge in [0, 0.05) is 44.0 Å². The zero-order chi connectivity index (χ0) is 26.2. The number of hydrogen-bond donors (Lipinski definition) is 2. The van der Waals surface area contributed by atoms with Gasteiger partial charge in [-0.2, -0.15) is 0 Å². The quantitative estimate of drug-likeness (QED) is 0.202. The summed E-state index contributed by atoms with van der Waals surface area (Å²) in [6.45, 7) is 6.21. The third-order valence-electron chi connectivity index (χ3n) is 5.07. The number of benzene rings is 1. The maximum absolute atomic E-state index is 11.7. The second-order valence-electron chi connectivity index (χ2n) is 7.99. The van der Waals surface area contributed by atoms with Gasteiger partial charge in [0.1, 0.15) is 18.3 Å². The third kappa shape index (κ3) is 17.0. The van der Waals surface area contributed by atoms with Crippen LogP contribution in [0.5, 0.6) is 5.75 Å². The Labute approximate surface area is 205 Å². The number of Topliss-reactive ketones (excluding diaryl/α,β-unsaturated/α-hetero) is 1. The molecule has 0 aliphatic heterocycles. The zero-order valence-electron chi connectivity index (χ0n) is 21.7. The monoisotopic (exact) mass is 479 g/mol. The lowest BCUT2D eigenvalue weighted by molar-refractivity contribution is -0.121. The van der Waals surface area contributed by atoms with E-state index in [0.717, 1.165) is 81.5 Å². The molecule has 7 heteroatoms. The molecule has 1 rings (SSSR count). The fourth-order valence-electron chi connectivity index (χ4n) is 3.13. The van der Waals surface area contributed by atoms with Crippen LogP contribution in [0, 0.1) is 5.92 Å². The molecule has 1 aromatic rings. The first-order valence-corrected chi connectivity index (χ1v) is 12.2. The predicted octanol–water partition coefficient (Wildman–Crippen LogP) is 4.72. The maximum atomic E-state index is 11.7. The van der Waals surface area contributed by atoms with Gasteiger partial charge in [-0.1, -0.05) is 51.7 Å². The summed E-state index contributed by atoms with van der Waals surface area (Å²) >= 11 is 0. The van der Waals surface area contributed by atoms with E-state index in [0.29, 0.717) is 25.9 Å². The Kier molecular flexibility index (Phi) is 23.4. The largest absolute Gasteiger partial charge is 0.493 e. The summed E-state index contributed by atoms with van der Waals surface area (Å²) in [5.74, 6) is 0.950. The lowest BCUT2D eigenvalue weighted by atomic mass is 9.99. The van der Waals surface area contributed by atoms with Gasteiger partial charge in [-0.3, -0.25) is 9.59 Å². The van der Waals surface area contributed by atoms with E-state index < -0.39 is 0 Å². The number of hydrogen-bond acceptors (Lipinski definition) is 6. The third-order valence-corrected chi connectivity index (χ3v) is 5.07. The van der Waals surface area contributed by atoms with Crippen molar-refractivity contribution in [3.05, 3.63) is 29.3 Å². The Morgan fingerprint density at radius 3 is 2.29 bits per heavy atom. The van der Waals surface area contributed by atoms with Crippen LogP contribution >= 0.6 is 0 Å². The molecule has 194 valence electrons. The molecule has 1 unspecified atom stereocenters. The summed E-state index contributed by atoms with van der Waals surface area (Å²) in [6, 6.07) is 5.74. The molecule has 0 aliphatic rings. The van der Waals surface area contributed by atoms with E-state index in [9.17, 15) is 19.2 Å². The number of carbonyl (C=O) groups is 4. The Hall–Kier alpha value is -2.54. The fourth-order valence-corrected chi connectivity index (χ4v) is 3.13. The summed E-state index contributed by atoms with van der Waals surface area (Å²) in [5, 5.41) is 9.49. The Balaban J connectivity index is 0. The molecule has 0 fully saturated rings. The van der Waals surface area contributed by atoms with Crippen molar-refractivity contribution in [2.45, 2.75) is 85.0 Å². The minimum absolute atomic E-state index is 0.00250.